The van der Waals surface area contributed by atoms with Crippen LogP contribution in [0.3, 0.4) is 0 Å². The number of amides is 1. The number of carbonyl (C=O) groups is 2. The first-order valence-electron chi connectivity index (χ1n) is 5.15. The van der Waals surface area contributed by atoms with Crippen molar-refractivity contribution in [3.8, 4) is 0 Å². The predicted molar refractivity (Wildman–Crippen MR) is 49.7 cm³/mol. The van der Waals surface area contributed by atoms with Gasteiger partial charge in [0, 0.05) is 12.5 Å². The Morgan fingerprint density at radius 1 is 1.36 bits per heavy atom. The maximum absolute atomic E-state index is 11.3. The maximum atomic E-state index is 11.3. The van der Waals surface area contributed by atoms with Crippen LogP contribution < -0.4 is 5.32 Å². The van der Waals surface area contributed by atoms with Gasteiger partial charge in [0.15, 0.2) is 0 Å². The number of nitrogens with one attached hydrogen (secondary N) is 1. The Labute approximate surface area is 82.7 Å². The molecule has 0 bridgehead atoms. The fraction of sp³-hybridized carbons (Fsp3) is 0.800. The van der Waals surface area contributed by atoms with Crippen LogP contribution in [-0.4, -0.2) is 23.5 Å². The molecule has 0 spiro atoms. The Morgan fingerprint density at radius 2 is 2.00 bits per heavy atom. The summed E-state index contributed by atoms with van der Waals surface area (Å²) in [6.07, 6.45) is 4.30. The minimum Gasteiger partial charge on any atom is -0.481 e. The molecule has 0 aromatic carbocycles. The summed E-state index contributed by atoms with van der Waals surface area (Å²) in [6.45, 7) is 0.317. The zero-order valence-electron chi connectivity index (χ0n) is 8.08. The second-order valence-corrected chi connectivity index (χ2v) is 4.43. The van der Waals surface area contributed by atoms with E-state index < -0.39 is 11.4 Å². The second kappa shape index (κ2) is 3.26. The lowest BCUT2D eigenvalue weighted by Crippen LogP contribution is -2.47. The first-order chi connectivity index (χ1) is 6.64. The molecule has 0 aliphatic heterocycles. The first-order valence-corrected chi connectivity index (χ1v) is 5.15. The molecule has 1 amide bonds. The normalized spacial score (nSPS) is 23.7. The summed E-state index contributed by atoms with van der Waals surface area (Å²) in [5, 5.41) is 11.7. The van der Waals surface area contributed by atoms with Gasteiger partial charge < -0.3 is 10.4 Å². The van der Waals surface area contributed by atoms with Gasteiger partial charge in [-0.05, 0) is 25.7 Å². The molecule has 0 radical (unpaired) electrons. The molecule has 0 saturated heterocycles. The largest absolute Gasteiger partial charge is 0.481 e. The minimum absolute atomic E-state index is 0.0394. The van der Waals surface area contributed by atoms with Crippen LogP contribution in [0.25, 0.3) is 0 Å². The lowest BCUT2D eigenvalue weighted by atomic mass is 9.69. The first kappa shape index (κ1) is 9.49. The molecule has 2 N–H and O–H groups in total. The van der Waals surface area contributed by atoms with Crippen LogP contribution in [-0.2, 0) is 9.59 Å². The molecular weight excluding hydrogens is 182 g/mol. The topological polar surface area (TPSA) is 66.4 Å². The maximum Gasteiger partial charge on any atom is 0.311 e. The zero-order chi connectivity index (χ0) is 10.2. The highest BCUT2D eigenvalue weighted by molar-refractivity contribution is 5.82. The number of carboxylic acids is 1. The average molecular weight is 197 g/mol. The van der Waals surface area contributed by atoms with E-state index in [0.717, 1.165) is 19.3 Å². The van der Waals surface area contributed by atoms with Crippen molar-refractivity contribution in [1.82, 2.24) is 5.32 Å². The van der Waals surface area contributed by atoms with Crippen molar-refractivity contribution in [2.24, 2.45) is 11.3 Å². The van der Waals surface area contributed by atoms with E-state index in [-0.39, 0.29) is 11.8 Å². The summed E-state index contributed by atoms with van der Waals surface area (Å²) in [7, 11) is 0. The van der Waals surface area contributed by atoms with Crippen LogP contribution in [0.5, 0.6) is 0 Å². The smallest absolute Gasteiger partial charge is 0.311 e. The highest BCUT2D eigenvalue weighted by atomic mass is 16.4. The molecule has 0 heterocycles. The monoisotopic (exact) mass is 197 g/mol. The van der Waals surface area contributed by atoms with Crippen LogP contribution in [0.2, 0.25) is 0 Å². The molecule has 4 heteroatoms. The predicted octanol–water partition coefficient (Wildman–Crippen LogP) is 0.767. The van der Waals surface area contributed by atoms with Crippen molar-refractivity contribution in [2.45, 2.75) is 32.1 Å². The molecule has 0 unspecified atom stereocenters. The van der Waals surface area contributed by atoms with Gasteiger partial charge in [-0.15, -0.1) is 0 Å². The van der Waals surface area contributed by atoms with Crippen molar-refractivity contribution < 1.29 is 14.7 Å². The molecule has 4 nitrogen and oxygen atoms in total. The van der Waals surface area contributed by atoms with Crippen molar-refractivity contribution in [3.05, 3.63) is 0 Å². The van der Waals surface area contributed by atoms with E-state index in [4.69, 9.17) is 5.11 Å². The van der Waals surface area contributed by atoms with Crippen molar-refractivity contribution >= 4 is 11.9 Å². The summed E-state index contributed by atoms with van der Waals surface area (Å²) in [4.78, 5) is 22.3. The van der Waals surface area contributed by atoms with Crippen LogP contribution >= 0.6 is 0 Å². The Kier molecular flexibility index (Phi) is 2.21. The highest BCUT2D eigenvalue weighted by Crippen LogP contribution is 2.40. The Hall–Kier alpha value is -1.06. The summed E-state index contributed by atoms with van der Waals surface area (Å²) in [5.41, 5.74) is -0.648. The third-order valence-electron chi connectivity index (χ3n) is 3.31. The lowest BCUT2D eigenvalue weighted by Gasteiger charge is -2.37. The third kappa shape index (κ3) is 1.61. The van der Waals surface area contributed by atoms with E-state index in [0.29, 0.717) is 19.4 Å². The van der Waals surface area contributed by atoms with Gasteiger partial charge in [-0.1, -0.05) is 6.42 Å². The molecule has 0 atom stereocenters. The van der Waals surface area contributed by atoms with E-state index in [1.54, 1.807) is 0 Å². The zero-order valence-corrected chi connectivity index (χ0v) is 8.08. The van der Waals surface area contributed by atoms with Crippen LogP contribution in [0.1, 0.15) is 32.1 Å². The van der Waals surface area contributed by atoms with Gasteiger partial charge in [-0.3, -0.25) is 9.59 Å². The van der Waals surface area contributed by atoms with Gasteiger partial charge >= 0.3 is 5.97 Å². The van der Waals surface area contributed by atoms with Gasteiger partial charge in [0.25, 0.3) is 0 Å². The van der Waals surface area contributed by atoms with Gasteiger partial charge in [0.05, 0.1) is 5.41 Å². The Bertz CT molecular complexity index is 267. The molecular formula is C10H15NO3. The van der Waals surface area contributed by atoms with Crippen molar-refractivity contribution in [2.75, 3.05) is 6.54 Å². The number of carboxylic acid groups (broad SMARTS) is 1. The van der Waals surface area contributed by atoms with Crippen molar-refractivity contribution in [1.29, 1.82) is 0 Å². The SMILES string of the molecule is O=C(NCC1(C(=O)O)CCC1)C1CC1. The van der Waals surface area contributed by atoms with Gasteiger partial charge in [-0.2, -0.15) is 0 Å². The van der Waals surface area contributed by atoms with E-state index in [1.807, 2.05) is 0 Å². The number of carbonyl (C=O) groups excluding carboxylic acids is 1. The highest BCUT2D eigenvalue weighted by Gasteiger charge is 2.45. The number of hydrogen-bond donors (Lipinski definition) is 2. The molecule has 14 heavy (non-hydrogen) atoms. The molecule has 2 rings (SSSR count). The molecule has 2 aliphatic carbocycles. The number of aliphatic carboxylic acids is 1. The number of rotatable bonds is 4. The van der Waals surface area contributed by atoms with E-state index in [2.05, 4.69) is 5.32 Å². The van der Waals surface area contributed by atoms with Crippen LogP contribution in [0.4, 0.5) is 0 Å². The summed E-state index contributed by atoms with van der Waals surface area (Å²) in [6, 6.07) is 0. The Balaban J connectivity index is 1.82. The lowest BCUT2D eigenvalue weighted by molar-refractivity contribution is -0.154. The molecule has 2 fully saturated rings. The molecule has 78 valence electrons. The van der Waals surface area contributed by atoms with Gasteiger partial charge in [0.1, 0.15) is 0 Å². The molecule has 2 saturated carbocycles. The van der Waals surface area contributed by atoms with Crippen molar-refractivity contribution in [3.63, 3.8) is 0 Å². The van der Waals surface area contributed by atoms with Gasteiger partial charge in [-0.25, -0.2) is 0 Å². The molecule has 0 aromatic rings. The standard InChI is InChI=1S/C10H15NO3/c12-8(7-2-3-7)11-6-10(9(13)14)4-1-5-10/h7H,1-6H2,(H,11,12)(H,13,14). The van der Waals surface area contributed by atoms with E-state index in [9.17, 15) is 9.59 Å². The fourth-order valence-electron chi connectivity index (χ4n) is 1.82. The van der Waals surface area contributed by atoms with Gasteiger partial charge in [0.2, 0.25) is 5.91 Å². The van der Waals surface area contributed by atoms with E-state index in [1.165, 1.54) is 0 Å². The average Bonchev–Trinajstić information content (AvgIpc) is 2.82. The minimum atomic E-state index is -0.764. The third-order valence-corrected chi connectivity index (χ3v) is 3.31. The Morgan fingerprint density at radius 3 is 2.36 bits per heavy atom. The van der Waals surface area contributed by atoms with Crippen LogP contribution in [0, 0.1) is 11.3 Å². The number of hydrogen-bond acceptors (Lipinski definition) is 2. The second-order valence-electron chi connectivity index (χ2n) is 4.43. The van der Waals surface area contributed by atoms with E-state index >= 15 is 0 Å². The molecule has 2 aliphatic rings. The quantitative estimate of drug-likeness (QED) is 0.699. The fourth-order valence-corrected chi connectivity index (χ4v) is 1.82. The summed E-state index contributed by atoms with van der Waals surface area (Å²) in [5.74, 6) is -0.557. The van der Waals surface area contributed by atoms with Crippen LogP contribution in [0.15, 0.2) is 0 Å². The summed E-state index contributed by atoms with van der Waals surface area (Å²) < 4.78 is 0. The molecule has 0 aromatic heterocycles. The summed E-state index contributed by atoms with van der Waals surface area (Å²) >= 11 is 0.